The van der Waals surface area contributed by atoms with Crippen LogP contribution in [0, 0.1) is 6.92 Å². The summed E-state index contributed by atoms with van der Waals surface area (Å²) in [6.45, 7) is 2.80. The number of nitrogens with one attached hydrogen (secondary N) is 1. The van der Waals surface area contributed by atoms with Crippen LogP contribution in [0.2, 0.25) is 0 Å². The van der Waals surface area contributed by atoms with E-state index in [-0.39, 0.29) is 0 Å². The molecule has 0 radical (unpaired) electrons. The van der Waals surface area contributed by atoms with Gasteiger partial charge in [-0.1, -0.05) is 0 Å². The van der Waals surface area contributed by atoms with Gasteiger partial charge in [0.05, 0.1) is 12.3 Å². The molecule has 0 aliphatic carbocycles. The van der Waals surface area contributed by atoms with E-state index in [1.54, 1.807) is 19.2 Å². The molecule has 15 heavy (non-hydrogen) atoms. The predicted octanol–water partition coefficient (Wildman–Crippen LogP) is 0.513. The quantitative estimate of drug-likeness (QED) is 0.790. The third-order valence-corrected chi connectivity index (χ3v) is 3.77. The molecule has 0 spiro atoms. The molecule has 84 valence electrons. The van der Waals surface area contributed by atoms with Crippen molar-refractivity contribution in [3.8, 4) is 0 Å². The molecule has 1 aromatic rings. The van der Waals surface area contributed by atoms with Crippen LogP contribution in [0.1, 0.15) is 12.5 Å². The molecule has 0 saturated carbocycles. The minimum Gasteiger partial charge on any atom is -0.395 e. The smallest absolute Gasteiger partial charge is 0.237 e. The molecule has 5 nitrogen and oxygen atoms in total. The summed E-state index contributed by atoms with van der Waals surface area (Å²) in [4.78, 5) is 3.86. The molecule has 0 aromatic carbocycles. The van der Waals surface area contributed by atoms with Gasteiger partial charge in [-0.25, -0.2) is 8.42 Å². The highest BCUT2D eigenvalue weighted by molar-refractivity contribution is 7.93. The monoisotopic (exact) mass is 230 g/mol. The molecule has 1 rings (SSSR count). The van der Waals surface area contributed by atoms with Gasteiger partial charge < -0.3 is 5.11 Å². The van der Waals surface area contributed by atoms with Gasteiger partial charge in [-0.15, -0.1) is 0 Å². The van der Waals surface area contributed by atoms with E-state index in [4.69, 9.17) is 5.11 Å². The van der Waals surface area contributed by atoms with Crippen LogP contribution in [0.15, 0.2) is 18.5 Å². The van der Waals surface area contributed by atoms with Crippen molar-refractivity contribution in [2.24, 2.45) is 0 Å². The molecule has 1 heterocycles. The van der Waals surface area contributed by atoms with E-state index in [9.17, 15) is 8.42 Å². The maximum absolute atomic E-state index is 11.6. The summed E-state index contributed by atoms with van der Waals surface area (Å²) >= 11 is 0. The number of hydrogen-bond donors (Lipinski definition) is 2. The van der Waals surface area contributed by atoms with Gasteiger partial charge in [-0.3, -0.25) is 9.71 Å². The van der Waals surface area contributed by atoms with E-state index < -0.39 is 21.9 Å². The van der Waals surface area contributed by atoms with Crippen molar-refractivity contribution in [1.29, 1.82) is 0 Å². The highest BCUT2D eigenvalue weighted by Gasteiger charge is 2.20. The first kappa shape index (κ1) is 11.9. The van der Waals surface area contributed by atoms with E-state index in [1.165, 1.54) is 13.1 Å². The van der Waals surface area contributed by atoms with E-state index in [2.05, 4.69) is 9.71 Å². The first-order valence-electron chi connectivity index (χ1n) is 4.50. The lowest BCUT2D eigenvalue weighted by Crippen LogP contribution is -2.28. The third-order valence-electron chi connectivity index (χ3n) is 2.06. The second kappa shape index (κ2) is 4.59. The van der Waals surface area contributed by atoms with Gasteiger partial charge in [0.15, 0.2) is 0 Å². The molecule has 0 bridgehead atoms. The number of sulfonamides is 1. The summed E-state index contributed by atoms with van der Waals surface area (Å²) in [5.41, 5.74) is 1.23. The molecule has 6 heteroatoms. The number of pyridine rings is 1. The topological polar surface area (TPSA) is 79.3 Å². The fourth-order valence-corrected chi connectivity index (χ4v) is 1.87. The van der Waals surface area contributed by atoms with Crippen molar-refractivity contribution in [3.63, 3.8) is 0 Å². The molecule has 2 N–H and O–H groups in total. The number of rotatable bonds is 4. The fourth-order valence-electron chi connectivity index (χ4n) is 0.940. The van der Waals surface area contributed by atoms with Crippen molar-refractivity contribution >= 4 is 15.7 Å². The minimum absolute atomic E-state index is 0.403. The number of nitrogens with zero attached hydrogens (tertiary/aromatic N) is 1. The highest BCUT2D eigenvalue weighted by atomic mass is 32.2. The average Bonchev–Trinajstić information content (AvgIpc) is 2.20. The molecule has 1 unspecified atom stereocenters. The Labute approximate surface area is 89.2 Å². The van der Waals surface area contributed by atoms with Crippen molar-refractivity contribution in [3.05, 3.63) is 24.0 Å². The molecular formula is C9H14N2O3S. The Morgan fingerprint density at radius 2 is 2.27 bits per heavy atom. The molecule has 0 aliphatic heterocycles. The van der Waals surface area contributed by atoms with Gasteiger partial charge in [0.25, 0.3) is 0 Å². The molecule has 0 amide bonds. The van der Waals surface area contributed by atoms with E-state index >= 15 is 0 Å². The minimum atomic E-state index is -3.51. The van der Waals surface area contributed by atoms with Crippen LogP contribution >= 0.6 is 0 Å². The van der Waals surface area contributed by atoms with Crippen LogP contribution in [0.4, 0.5) is 5.69 Å². The summed E-state index contributed by atoms with van der Waals surface area (Å²) < 4.78 is 25.6. The van der Waals surface area contributed by atoms with E-state index in [0.717, 1.165) is 5.56 Å². The van der Waals surface area contributed by atoms with E-state index in [1.807, 2.05) is 0 Å². The maximum atomic E-state index is 11.6. The van der Waals surface area contributed by atoms with Crippen LogP contribution in [0.5, 0.6) is 0 Å². The predicted molar refractivity (Wildman–Crippen MR) is 58.1 cm³/mol. The maximum Gasteiger partial charge on any atom is 0.237 e. The van der Waals surface area contributed by atoms with Crippen LogP contribution in [-0.4, -0.2) is 30.4 Å². The molecule has 1 atom stereocenters. The standard InChI is InChI=1S/C9H14N2O3S/c1-7-5-10-4-3-9(7)11-15(13,14)8(2)6-12/h3-5,8,12H,6H2,1-2H3,(H,10,11). The number of hydrogen-bond acceptors (Lipinski definition) is 4. The van der Waals surface area contributed by atoms with Gasteiger partial charge in [0.1, 0.15) is 5.25 Å². The summed E-state index contributed by atoms with van der Waals surface area (Å²) in [5, 5.41) is 7.96. The van der Waals surface area contributed by atoms with E-state index in [0.29, 0.717) is 5.69 Å². The van der Waals surface area contributed by atoms with Crippen LogP contribution in [0.3, 0.4) is 0 Å². The van der Waals surface area contributed by atoms with Crippen molar-refractivity contribution in [2.45, 2.75) is 19.1 Å². The zero-order valence-corrected chi connectivity index (χ0v) is 9.45. The second-order valence-corrected chi connectivity index (χ2v) is 5.43. The third kappa shape index (κ3) is 2.90. The van der Waals surface area contributed by atoms with Crippen molar-refractivity contribution < 1.29 is 13.5 Å². The SMILES string of the molecule is Cc1cnccc1NS(=O)(=O)C(C)CO. The number of aromatic nitrogens is 1. The average molecular weight is 230 g/mol. The summed E-state index contributed by atoms with van der Waals surface area (Å²) in [6.07, 6.45) is 3.08. The first-order chi connectivity index (χ1) is 6.97. The zero-order chi connectivity index (χ0) is 11.5. The number of aryl methyl sites for hydroxylation is 1. The Morgan fingerprint density at radius 3 is 2.80 bits per heavy atom. The number of aliphatic hydroxyl groups excluding tert-OH is 1. The zero-order valence-electron chi connectivity index (χ0n) is 8.64. The Hall–Kier alpha value is -1.14. The number of aliphatic hydroxyl groups is 1. The molecule has 0 fully saturated rings. The van der Waals surface area contributed by atoms with Gasteiger partial charge in [-0.2, -0.15) is 0 Å². The molecular weight excluding hydrogens is 216 g/mol. The van der Waals surface area contributed by atoms with Gasteiger partial charge in [0.2, 0.25) is 10.0 Å². The lowest BCUT2D eigenvalue weighted by molar-refractivity contribution is 0.296. The Morgan fingerprint density at radius 1 is 1.60 bits per heavy atom. The lowest BCUT2D eigenvalue weighted by Gasteiger charge is -2.13. The Balaban J connectivity index is 2.92. The summed E-state index contributed by atoms with van der Waals surface area (Å²) in [7, 11) is -3.51. The van der Waals surface area contributed by atoms with Crippen molar-refractivity contribution in [1.82, 2.24) is 4.98 Å². The molecule has 0 aliphatic rings. The summed E-state index contributed by atoms with van der Waals surface area (Å²) in [6, 6.07) is 1.58. The number of anilines is 1. The van der Waals surface area contributed by atoms with Crippen molar-refractivity contribution in [2.75, 3.05) is 11.3 Å². The second-order valence-electron chi connectivity index (χ2n) is 3.33. The van der Waals surface area contributed by atoms with Gasteiger partial charge >= 0.3 is 0 Å². The van der Waals surface area contributed by atoms with Crippen LogP contribution in [0.25, 0.3) is 0 Å². The van der Waals surface area contributed by atoms with Crippen LogP contribution < -0.4 is 4.72 Å². The molecule has 1 aromatic heterocycles. The summed E-state index contributed by atoms with van der Waals surface area (Å²) in [5.74, 6) is 0. The Kier molecular flexibility index (Phi) is 3.65. The Bertz CT molecular complexity index is 431. The largest absolute Gasteiger partial charge is 0.395 e. The fraction of sp³-hybridized carbons (Fsp3) is 0.444. The lowest BCUT2D eigenvalue weighted by atomic mass is 10.3. The highest BCUT2D eigenvalue weighted by Crippen LogP contribution is 2.15. The normalized spacial score (nSPS) is 13.5. The van der Waals surface area contributed by atoms with Crippen LogP contribution in [-0.2, 0) is 10.0 Å². The first-order valence-corrected chi connectivity index (χ1v) is 6.05. The van der Waals surface area contributed by atoms with Gasteiger partial charge in [0, 0.05) is 12.4 Å². The van der Waals surface area contributed by atoms with Gasteiger partial charge in [-0.05, 0) is 25.5 Å². The molecule has 0 saturated heterocycles.